The topological polar surface area (TPSA) is 35.6 Å². The third kappa shape index (κ3) is 5.21. The Morgan fingerprint density at radius 2 is 1.64 bits per heavy atom. The average Bonchev–Trinajstić information content (AvgIpc) is 2.63. The summed E-state index contributed by atoms with van der Waals surface area (Å²) in [6, 6.07) is 15.9. The molecule has 0 bridgehead atoms. The number of piperazine rings is 1. The van der Waals surface area contributed by atoms with Crippen molar-refractivity contribution in [1.29, 1.82) is 0 Å². The Morgan fingerprint density at radius 3 is 2.28 bits per heavy atom. The first kappa shape index (κ1) is 17.8. The normalized spacial score (nSPS) is 15.2. The van der Waals surface area contributed by atoms with Gasteiger partial charge in [0.25, 0.3) is 0 Å². The van der Waals surface area contributed by atoms with Crippen LogP contribution in [0.5, 0.6) is 0 Å². The molecule has 0 unspecified atom stereocenters. The Morgan fingerprint density at radius 1 is 1.00 bits per heavy atom. The first-order valence-corrected chi connectivity index (χ1v) is 9.07. The van der Waals surface area contributed by atoms with Crippen LogP contribution in [0, 0.1) is 6.92 Å². The second-order valence-corrected chi connectivity index (χ2v) is 6.91. The average molecular weight is 358 g/mol. The number of rotatable bonds is 5. The number of benzene rings is 2. The molecule has 1 aliphatic rings. The Bertz CT molecular complexity index is 692. The smallest absolute Gasteiger partial charge is 0.225 e. The summed E-state index contributed by atoms with van der Waals surface area (Å²) < 4.78 is 0. The van der Waals surface area contributed by atoms with Gasteiger partial charge in [-0.1, -0.05) is 29.3 Å². The van der Waals surface area contributed by atoms with Gasteiger partial charge in [-0.05, 0) is 43.3 Å². The minimum absolute atomic E-state index is 0.0731. The molecule has 132 valence electrons. The van der Waals surface area contributed by atoms with Crippen molar-refractivity contribution < 1.29 is 4.79 Å². The second kappa shape index (κ2) is 8.37. The third-order valence-electron chi connectivity index (χ3n) is 4.55. The lowest BCUT2D eigenvalue weighted by atomic mass is 10.2. The zero-order valence-electron chi connectivity index (χ0n) is 14.5. The maximum atomic E-state index is 12.1. The van der Waals surface area contributed by atoms with E-state index in [1.165, 1.54) is 11.3 Å². The van der Waals surface area contributed by atoms with Crippen molar-refractivity contribution in [3.05, 3.63) is 59.1 Å². The molecule has 1 fully saturated rings. The fourth-order valence-corrected chi connectivity index (χ4v) is 3.13. The van der Waals surface area contributed by atoms with Gasteiger partial charge in [0, 0.05) is 55.5 Å². The van der Waals surface area contributed by atoms with Gasteiger partial charge in [0.15, 0.2) is 0 Å². The zero-order valence-corrected chi connectivity index (χ0v) is 15.3. The lowest BCUT2D eigenvalue weighted by Gasteiger charge is -2.36. The molecule has 0 aliphatic carbocycles. The first-order chi connectivity index (χ1) is 12.1. The monoisotopic (exact) mass is 357 g/mol. The lowest BCUT2D eigenvalue weighted by Crippen LogP contribution is -2.47. The van der Waals surface area contributed by atoms with Crippen LogP contribution in [-0.4, -0.2) is 43.5 Å². The van der Waals surface area contributed by atoms with Crippen LogP contribution in [-0.2, 0) is 4.79 Å². The number of hydrogen-bond donors (Lipinski definition) is 1. The highest BCUT2D eigenvalue weighted by molar-refractivity contribution is 6.30. The largest absolute Gasteiger partial charge is 0.369 e. The molecule has 3 rings (SSSR count). The van der Waals surface area contributed by atoms with Crippen molar-refractivity contribution in [3.63, 3.8) is 0 Å². The summed E-state index contributed by atoms with van der Waals surface area (Å²) in [7, 11) is 0. The number of carbonyl (C=O) groups is 1. The van der Waals surface area contributed by atoms with Crippen LogP contribution in [0.3, 0.4) is 0 Å². The van der Waals surface area contributed by atoms with Crippen molar-refractivity contribution >= 4 is 28.9 Å². The number of amides is 1. The standard InChI is InChI=1S/C20H24ClN3O/c1-16-2-6-18(7-3-16)22-20(25)10-11-23-12-14-24(15-13-23)19-8-4-17(21)5-9-19/h2-9H,10-15H2,1H3,(H,22,25). The predicted octanol–water partition coefficient (Wildman–Crippen LogP) is 3.80. The summed E-state index contributed by atoms with van der Waals surface area (Å²) in [6.45, 7) is 6.73. The zero-order chi connectivity index (χ0) is 17.6. The molecule has 25 heavy (non-hydrogen) atoms. The van der Waals surface area contributed by atoms with Crippen molar-refractivity contribution in [2.45, 2.75) is 13.3 Å². The van der Waals surface area contributed by atoms with Gasteiger partial charge in [-0.3, -0.25) is 9.69 Å². The maximum absolute atomic E-state index is 12.1. The van der Waals surface area contributed by atoms with E-state index >= 15 is 0 Å². The Kier molecular flexibility index (Phi) is 5.95. The Balaban J connectivity index is 1.40. The molecule has 1 saturated heterocycles. The van der Waals surface area contributed by atoms with Crippen LogP contribution in [0.25, 0.3) is 0 Å². The van der Waals surface area contributed by atoms with Gasteiger partial charge < -0.3 is 10.2 Å². The number of carbonyl (C=O) groups excluding carboxylic acids is 1. The van der Waals surface area contributed by atoms with Crippen molar-refractivity contribution in [2.75, 3.05) is 42.9 Å². The molecule has 0 saturated carbocycles. The van der Waals surface area contributed by atoms with Crippen LogP contribution < -0.4 is 10.2 Å². The summed E-state index contributed by atoms with van der Waals surface area (Å²) in [5.41, 5.74) is 3.26. The van der Waals surface area contributed by atoms with E-state index in [1.54, 1.807) is 0 Å². The molecular formula is C20H24ClN3O. The van der Waals surface area contributed by atoms with E-state index in [1.807, 2.05) is 43.3 Å². The summed E-state index contributed by atoms with van der Waals surface area (Å²) in [5, 5.41) is 3.73. The fourth-order valence-electron chi connectivity index (χ4n) is 3.00. The van der Waals surface area contributed by atoms with E-state index in [2.05, 4.69) is 27.2 Å². The van der Waals surface area contributed by atoms with E-state index in [-0.39, 0.29) is 5.91 Å². The van der Waals surface area contributed by atoms with Crippen LogP contribution in [0.4, 0.5) is 11.4 Å². The molecule has 4 nitrogen and oxygen atoms in total. The number of anilines is 2. The minimum Gasteiger partial charge on any atom is -0.369 e. The number of hydrogen-bond acceptors (Lipinski definition) is 3. The fraction of sp³-hybridized carbons (Fsp3) is 0.350. The molecule has 0 aromatic heterocycles. The minimum atomic E-state index is 0.0731. The number of nitrogens with zero attached hydrogens (tertiary/aromatic N) is 2. The molecule has 1 heterocycles. The highest BCUT2D eigenvalue weighted by Gasteiger charge is 2.17. The van der Waals surface area contributed by atoms with Crippen LogP contribution >= 0.6 is 11.6 Å². The molecule has 1 aliphatic heterocycles. The first-order valence-electron chi connectivity index (χ1n) is 8.69. The molecular weight excluding hydrogens is 334 g/mol. The molecule has 0 atom stereocenters. The van der Waals surface area contributed by atoms with Gasteiger partial charge in [-0.25, -0.2) is 0 Å². The van der Waals surface area contributed by atoms with Crippen molar-refractivity contribution in [1.82, 2.24) is 4.90 Å². The Hall–Kier alpha value is -2.04. The van der Waals surface area contributed by atoms with E-state index in [4.69, 9.17) is 11.6 Å². The highest BCUT2D eigenvalue weighted by Crippen LogP contribution is 2.19. The van der Waals surface area contributed by atoms with Crippen LogP contribution in [0.15, 0.2) is 48.5 Å². The van der Waals surface area contributed by atoms with Crippen LogP contribution in [0.1, 0.15) is 12.0 Å². The van der Waals surface area contributed by atoms with Gasteiger partial charge >= 0.3 is 0 Å². The number of aryl methyl sites for hydroxylation is 1. The van der Waals surface area contributed by atoms with E-state index in [9.17, 15) is 4.79 Å². The highest BCUT2D eigenvalue weighted by atomic mass is 35.5. The van der Waals surface area contributed by atoms with Crippen molar-refractivity contribution in [3.8, 4) is 0 Å². The van der Waals surface area contributed by atoms with E-state index in [0.29, 0.717) is 6.42 Å². The predicted molar refractivity (Wildman–Crippen MR) is 105 cm³/mol. The van der Waals surface area contributed by atoms with Gasteiger partial charge in [0.1, 0.15) is 0 Å². The number of nitrogens with one attached hydrogen (secondary N) is 1. The molecule has 2 aromatic rings. The van der Waals surface area contributed by atoms with Gasteiger partial charge in [0.2, 0.25) is 5.91 Å². The number of halogens is 1. The van der Waals surface area contributed by atoms with Gasteiger partial charge in [-0.15, -0.1) is 0 Å². The summed E-state index contributed by atoms with van der Waals surface area (Å²) in [6.07, 6.45) is 0.523. The molecule has 2 aromatic carbocycles. The molecule has 1 N–H and O–H groups in total. The third-order valence-corrected chi connectivity index (χ3v) is 4.81. The SMILES string of the molecule is Cc1ccc(NC(=O)CCN2CCN(c3ccc(Cl)cc3)CC2)cc1. The maximum Gasteiger partial charge on any atom is 0.225 e. The molecule has 0 spiro atoms. The summed E-state index contributed by atoms with van der Waals surface area (Å²) >= 11 is 5.95. The quantitative estimate of drug-likeness (QED) is 0.884. The molecule has 1 amide bonds. The summed E-state index contributed by atoms with van der Waals surface area (Å²) in [5.74, 6) is 0.0731. The molecule has 0 radical (unpaired) electrons. The van der Waals surface area contributed by atoms with Gasteiger partial charge in [-0.2, -0.15) is 0 Å². The van der Waals surface area contributed by atoms with Crippen molar-refractivity contribution in [2.24, 2.45) is 0 Å². The van der Waals surface area contributed by atoms with E-state index in [0.717, 1.165) is 43.4 Å². The Labute approximate surface area is 154 Å². The van der Waals surface area contributed by atoms with Gasteiger partial charge in [0.05, 0.1) is 0 Å². The van der Waals surface area contributed by atoms with Crippen LogP contribution in [0.2, 0.25) is 5.02 Å². The molecule has 5 heteroatoms. The summed E-state index contributed by atoms with van der Waals surface area (Å²) in [4.78, 5) is 16.8. The van der Waals surface area contributed by atoms with E-state index < -0.39 is 0 Å². The second-order valence-electron chi connectivity index (χ2n) is 6.47. The lowest BCUT2D eigenvalue weighted by molar-refractivity contribution is -0.116.